The van der Waals surface area contributed by atoms with Gasteiger partial charge in [-0.1, -0.05) is 13.3 Å². The van der Waals surface area contributed by atoms with Gasteiger partial charge in [-0.25, -0.2) is 14.7 Å². The largest absolute Gasteiger partial charge is 0.480 e. The van der Waals surface area contributed by atoms with E-state index in [1.807, 2.05) is 6.92 Å². The predicted octanol–water partition coefficient (Wildman–Crippen LogP) is -0.0153. The molecule has 6 heteroatoms. The molecule has 1 radical (unpaired) electrons. The molecular formula is C8H14NO5. The van der Waals surface area contributed by atoms with Crippen molar-refractivity contribution in [3.05, 3.63) is 0 Å². The van der Waals surface area contributed by atoms with Crippen molar-refractivity contribution in [3.8, 4) is 0 Å². The van der Waals surface area contributed by atoms with Gasteiger partial charge in [-0.2, -0.15) is 4.99 Å². The smallest absolute Gasteiger partial charge is 0.331 e. The summed E-state index contributed by atoms with van der Waals surface area (Å²) in [6, 6.07) is -1.36. The molecule has 2 N–H and O–H groups in total. The Morgan fingerprint density at radius 2 is 2.14 bits per heavy atom. The predicted molar refractivity (Wildman–Crippen MR) is 47.1 cm³/mol. The normalized spacial score (nSPS) is 10.5. The topological polar surface area (TPSA) is 107 Å². The molecule has 0 fully saturated rings. The zero-order valence-corrected chi connectivity index (χ0v) is 7.97. The van der Waals surface area contributed by atoms with E-state index in [2.05, 4.69) is 4.99 Å². The fraction of sp³-hybridized carbons (Fsp3) is 0.750. The molecule has 14 heavy (non-hydrogen) atoms. The van der Waals surface area contributed by atoms with Crippen LogP contribution >= 0.6 is 0 Å². The fourth-order valence-electron chi connectivity index (χ4n) is 0.382. The molecule has 0 heterocycles. The van der Waals surface area contributed by atoms with E-state index < -0.39 is 18.6 Å². The number of carbonyl (C=O) groups excluding carboxylic acids is 1. The lowest BCUT2D eigenvalue weighted by atomic mass is 10.3. The SMILES string of the molecule is CCCC[O].O=C=NC(CO)C(=O)O. The van der Waals surface area contributed by atoms with Crippen LogP contribution in [0.2, 0.25) is 0 Å². The van der Waals surface area contributed by atoms with Crippen molar-refractivity contribution in [1.29, 1.82) is 0 Å². The second kappa shape index (κ2) is 11.8. The number of aliphatic hydroxyl groups is 1. The molecule has 6 nitrogen and oxygen atoms in total. The van der Waals surface area contributed by atoms with Crippen molar-refractivity contribution in [1.82, 2.24) is 0 Å². The Kier molecular flexibility index (Phi) is 12.8. The first kappa shape index (κ1) is 15.3. The Hall–Kier alpha value is -1.23. The minimum Gasteiger partial charge on any atom is -0.480 e. The molecule has 0 amide bonds. The van der Waals surface area contributed by atoms with Gasteiger partial charge in [0.05, 0.1) is 13.2 Å². The van der Waals surface area contributed by atoms with Crippen LogP contribution in [-0.2, 0) is 14.7 Å². The number of hydrogen-bond donors (Lipinski definition) is 2. The highest BCUT2D eigenvalue weighted by atomic mass is 16.4. The molecule has 0 spiro atoms. The van der Waals surface area contributed by atoms with E-state index >= 15 is 0 Å². The maximum Gasteiger partial charge on any atom is 0.331 e. The fourth-order valence-corrected chi connectivity index (χ4v) is 0.382. The third kappa shape index (κ3) is 10.8. The number of hydrogen-bond acceptors (Lipinski definition) is 4. The Morgan fingerprint density at radius 3 is 2.21 bits per heavy atom. The van der Waals surface area contributed by atoms with Gasteiger partial charge in [0.25, 0.3) is 0 Å². The number of aliphatic imine (C=N–C) groups is 1. The highest BCUT2D eigenvalue weighted by Gasteiger charge is 2.13. The highest BCUT2D eigenvalue weighted by molar-refractivity contribution is 5.74. The van der Waals surface area contributed by atoms with Crippen LogP contribution in [0.4, 0.5) is 0 Å². The molecule has 0 aromatic heterocycles. The molecule has 1 atom stereocenters. The molecule has 0 saturated carbocycles. The molecule has 0 aliphatic rings. The van der Waals surface area contributed by atoms with Crippen LogP contribution in [0, 0.1) is 0 Å². The average Bonchev–Trinajstić information content (AvgIpc) is 2.16. The zero-order chi connectivity index (χ0) is 11.4. The molecule has 0 bridgehead atoms. The van der Waals surface area contributed by atoms with Crippen LogP contribution in [0.3, 0.4) is 0 Å². The lowest BCUT2D eigenvalue weighted by Crippen LogP contribution is -2.21. The van der Waals surface area contributed by atoms with Crippen molar-refractivity contribution < 1.29 is 24.9 Å². The average molecular weight is 204 g/mol. The van der Waals surface area contributed by atoms with Crippen molar-refractivity contribution in [2.75, 3.05) is 13.2 Å². The van der Waals surface area contributed by atoms with Crippen LogP contribution in [0.1, 0.15) is 19.8 Å². The second-order valence-electron chi connectivity index (χ2n) is 2.31. The van der Waals surface area contributed by atoms with Crippen LogP contribution in [0.15, 0.2) is 4.99 Å². The van der Waals surface area contributed by atoms with Gasteiger partial charge < -0.3 is 10.2 Å². The summed E-state index contributed by atoms with van der Waals surface area (Å²) in [5.74, 6) is -1.33. The number of aliphatic carboxylic acids is 1. The molecule has 0 aliphatic heterocycles. The number of isocyanates is 1. The Morgan fingerprint density at radius 1 is 1.57 bits per heavy atom. The Labute approximate surface area is 81.9 Å². The third-order valence-corrected chi connectivity index (χ3v) is 1.16. The molecular weight excluding hydrogens is 190 g/mol. The Balaban J connectivity index is 0. The monoisotopic (exact) mass is 204 g/mol. The molecule has 0 saturated heterocycles. The zero-order valence-electron chi connectivity index (χ0n) is 7.97. The molecule has 1 unspecified atom stereocenters. The second-order valence-corrected chi connectivity index (χ2v) is 2.31. The summed E-state index contributed by atoms with van der Waals surface area (Å²) in [4.78, 5) is 22.1. The van der Waals surface area contributed by atoms with Crippen molar-refractivity contribution in [2.45, 2.75) is 25.8 Å². The van der Waals surface area contributed by atoms with E-state index in [0.717, 1.165) is 18.9 Å². The summed E-state index contributed by atoms with van der Waals surface area (Å²) in [5, 5.41) is 25.8. The van der Waals surface area contributed by atoms with E-state index in [0.29, 0.717) is 0 Å². The van der Waals surface area contributed by atoms with Crippen molar-refractivity contribution in [3.63, 3.8) is 0 Å². The standard InChI is InChI=1S/C4H5NO4.C4H9O/c6-1-3(4(8)9)5-2-7;1-2-3-4-5/h3,6H,1H2,(H,8,9);2-4H2,1H3. The molecule has 0 aliphatic carbocycles. The molecule has 81 valence electrons. The molecule has 0 aromatic carbocycles. The number of carbonyl (C=O) groups is 1. The summed E-state index contributed by atoms with van der Waals surface area (Å²) < 4.78 is 0. The van der Waals surface area contributed by atoms with Gasteiger partial charge in [-0.15, -0.1) is 0 Å². The first-order valence-corrected chi connectivity index (χ1v) is 4.12. The maximum absolute atomic E-state index is 9.89. The number of rotatable bonds is 5. The third-order valence-electron chi connectivity index (χ3n) is 1.16. The maximum atomic E-state index is 9.89. The minimum atomic E-state index is -1.36. The van der Waals surface area contributed by atoms with Crippen LogP contribution in [0.5, 0.6) is 0 Å². The van der Waals surface area contributed by atoms with Gasteiger partial charge in [-0.3, -0.25) is 0 Å². The number of unbranched alkanes of at least 4 members (excludes halogenated alkanes) is 1. The number of carboxylic acids is 1. The van der Waals surface area contributed by atoms with E-state index in [4.69, 9.17) is 10.2 Å². The molecule has 0 rings (SSSR count). The summed E-state index contributed by atoms with van der Waals surface area (Å²) >= 11 is 0. The highest BCUT2D eigenvalue weighted by Crippen LogP contribution is 1.85. The lowest BCUT2D eigenvalue weighted by molar-refractivity contribution is -0.139. The van der Waals surface area contributed by atoms with Crippen LogP contribution in [-0.4, -0.2) is 41.5 Å². The Bertz CT molecular complexity index is 184. The van der Waals surface area contributed by atoms with Crippen LogP contribution in [0.25, 0.3) is 0 Å². The van der Waals surface area contributed by atoms with Crippen LogP contribution < -0.4 is 0 Å². The van der Waals surface area contributed by atoms with E-state index in [1.54, 1.807) is 0 Å². The quantitative estimate of drug-likeness (QED) is 0.484. The molecule has 0 aromatic rings. The van der Waals surface area contributed by atoms with Gasteiger partial charge >= 0.3 is 5.97 Å². The summed E-state index contributed by atoms with van der Waals surface area (Å²) in [6.45, 7) is 1.43. The van der Waals surface area contributed by atoms with E-state index in [1.165, 1.54) is 0 Å². The lowest BCUT2D eigenvalue weighted by Gasteiger charge is -1.96. The first-order valence-electron chi connectivity index (χ1n) is 4.12. The first-order chi connectivity index (χ1) is 6.63. The van der Waals surface area contributed by atoms with E-state index in [9.17, 15) is 14.7 Å². The van der Waals surface area contributed by atoms with Crippen molar-refractivity contribution >= 4 is 12.0 Å². The van der Waals surface area contributed by atoms with Gasteiger partial charge in [0.1, 0.15) is 0 Å². The van der Waals surface area contributed by atoms with Gasteiger partial charge in [0, 0.05) is 0 Å². The summed E-state index contributed by atoms with van der Waals surface area (Å²) in [7, 11) is 0. The summed E-state index contributed by atoms with van der Waals surface area (Å²) in [5.41, 5.74) is 0. The number of nitrogens with zero attached hydrogens (tertiary/aromatic N) is 1. The van der Waals surface area contributed by atoms with Crippen molar-refractivity contribution in [2.24, 2.45) is 4.99 Å². The summed E-state index contributed by atoms with van der Waals surface area (Å²) in [6.07, 6.45) is 2.90. The minimum absolute atomic E-state index is 0.0938. The van der Waals surface area contributed by atoms with Gasteiger partial charge in [-0.05, 0) is 6.42 Å². The van der Waals surface area contributed by atoms with E-state index in [-0.39, 0.29) is 6.61 Å². The van der Waals surface area contributed by atoms with Gasteiger partial charge in [0.2, 0.25) is 6.08 Å². The number of carboxylic acid groups (broad SMARTS) is 1. The van der Waals surface area contributed by atoms with Gasteiger partial charge in [0.15, 0.2) is 6.04 Å². The number of aliphatic hydroxyl groups excluding tert-OH is 1.